The fraction of sp³-hybridized carbons (Fsp3) is 0.941. The molecule has 0 unspecified atom stereocenters. The van der Waals surface area contributed by atoms with Crippen LogP contribution >= 0.6 is 0 Å². The fourth-order valence-electron chi connectivity index (χ4n) is 2.39. The molecular formula is C17H34O. The maximum Gasteiger partial charge on any atom is 0.132 e. The Morgan fingerprint density at radius 3 is 1.44 bits per heavy atom. The van der Waals surface area contributed by atoms with Gasteiger partial charge in [0.1, 0.15) is 5.78 Å². The van der Waals surface area contributed by atoms with Crippen LogP contribution < -0.4 is 0 Å². The molecule has 0 aliphatic heterocycles. The molecular weight excluding hydrogens is 220 g/mol. The van der Waals surface area contributed by atoms with Gasteiger partial charge in [0.05, 0.1) is 0 Å². The third kappa shape index (κ3) is 13.7. The molecule has 0 aliphatic rings. The molecule has 0 spiro atoms. The van der Waals surface area contributed by atoms with Crippen LogP contribution in [0.4, 0.5) is 0 Å². The molecule has 0 radical (unpaired) electrons. The molecule has 0 aromatic heterocycles. The Kier molecular flexibility index (Phi) is 14.5. The normalized spacial score (nSPS) is 10.8. The topological polar surface area (TPSA) is 17.1 Å². The number of unbranched alkanes of at least 4 members (excludes halogenated alkanes) is 10. The Morgan fingerprint density at radius 1 is 0.556 bits per heavy atom. The SMILES string of the molecule is CCCCCCCCCCCCCC(=O)CCC. The lowest BCUT2D eigenvalue weighted by molar-refractivity contribution is -0.119. The summed E-state index contributed by atoms with van der Waals surface area (Å²) >= 11 is 0. The first-order valence-electron chi connectivity index (χ1n) is 8.33. The summed E-state index contributed by atoms with van der Waals surface area (Å²) in [6.07, 6.45) is 17.5. The highest BCUT2D eigenvalue weighted by atomic mass is 16.1. The Labute approximate surface area is 115 Å². The van der Waals surface area contributed by atoms with Crippen molar-refractivity contribution in [1.29, 1.82) is 0 Å². The summed E-state index contributed by atoms with van der Waals surface area (Å²) in [6.45, 7) is 4.35. The number of hydrogen-bond acceptors (Lipinski definition) is 1. The van der Waals surface area contributed by atoms with E-state index < -0.39 is 0 Å². The number of rotatable bonds is 14. The smallest absolute Gasteiger partial charge is 0.132 e. The molecule has 108 valence electrons. The van der Waals surface area contributed by atoms with Crippen LogP contribution in [0, 0.1) is 0 Å². The lowest BCUT2D eigenvalue weighted by Gasteiger charge is -2.02. The van der Waals surface area contributed by atoms with E-state index in [2.05, 4.69) is 13.8 Å². The predicted octanol–water partition coefficient (Wildman–Crippen LogP) is 6.06. The van der Waals surface area contributed by atoms with E-state index in [0.717, 1.165) is 25.7 Å². The van der Waals surface area contributed by atoms with Crippen LogP contribution in [-0.2, 0) is 4.79 Å². The van der Waals surface area contributed by atoms with Gasteiger partial charge in [0.25, 0.3) is 0 Å². The Morgan fingerprint density at radius 2 is 1.00 bits per heavy atom. The van der Waals surface area contributed by atoms with Gasteiger partial charge in [-0.1, -0.05) is 78.1 Å². The quantitative estimate of drug-likeness (QED) is 0.344. The monoisotopic (exact) mass is 254 g/mol. The summed E-state index contributed by atoms with van der Waals surface area (Å²) in [5, 5.41) is 0. The third-order valence-electron chi connectivity index (χ3n) is 3.59. The van der Waals surface area contributed by atoms with E-state index in [-0.39, 0.29) is 0 Å². The van der Waals surface area contributed by atoms with Gasteiger partial charge in [-0.25, -0.2) is 0 Å². The van der Waals surface area contributed by atoms with Gasteiger partial charge >= 0.3 is 0 Å². The van der Waals surface area contributed by atoms with Crippen LogP contribution in [0.15, 0.2) is 0 Å². The molecule has 18 heavy (non-hydrogen) atoms. The maximum atomic E-state index is 11.3. The molecule has 0 aromatic carbocycles. The highest BCUT2D eigenvalue weighted by Gasteiger charge is 1.99. The summed E-state index contributed by atoms with van der Waals surface area (Å²) in [7, 11) is 0. The summed E-state index contributed by atoms with van der Waals surface area (Å²) in [5.74, 6) is 0.466. The van der Waals surface area contributed by atoms with Crippen LogP contribution in [0.25, 0.3) is 0 Å². The summed E-state index contributed by atoms with van der Waals surface area (Å²) in [4.78, 5) is 11.3. The summed E-state index contributed by atoms with van der Waals surface area (Å²) in [5.41, 5.74) is 0. The Hall–Kier alpha value is -0.330. The first-order chi connectivity index (χ1) is 8.81. The van der Waals surface area contributed by atoms with Crippen LogP contribution in [0.3, 0.4) is 0 Å². The molecule has 0 saturated heterocycles. The number of carbonyl (C=O) groups is 1. The second kappa shape index (κ2) is 14.7. The first kappa shape index (κ1) is 17.7. The van der Waals surface area contributed by atoms with Gasteiger partial charge in [-0.05, 0) is 12.8 Å². The number of Topliss-reactive ketones (excluding diaryl/α,β-unsaturated/α-hetero) is 1. The van der Waals surface area contributed by atoms with E-state index in [9.17, 15) is 4.79 Å². The molecule has 0 bridgehead atoms. The van der Waals surface area contributed by atoms with Gasteiger partial charge in [0.15, 0.2) is 0 Å². The standard InChI is InChI=1S/C17H34O/c1-3-5-6-7-8-9-10-11-12-13-14-16-17(18)15-4-2/h3-16H2,1-2H3. The van der Waals surface area contributed by atoms with Gasteiger partial charge < -0.3 is 0 Å². The van der Waals surface area contributed by atoms with Gasteiger partial charge in [0, 0.05) is 12.8 Å². The molecule has 1 heteroatoms. The summed E-state index contributed by atoms with van der Waals surface area (Å²) in [6, 6.07) is 0. The van der Waals surface area contributed by atoms with Gasteiger partial charge in [-0.2, -0.15) is 0 Å². The lowest BCUT2D eigenvalue weighted by atomic mass is 10.0. The van der Waals surface area contributed by atoms with Crippen LogP contribution in [0.5, 0.6) is 0 Å². The van der Waals surface area contributed by atoms with Crippen LogP contribution in [-0.4, -0.2) is 5.78 Å². The molecule has 0 aromatic rings. The van der Waals surface area contributed by atoms with E-state index in [1.807, 2.05) is 0 Å². The molecule has 0 saturated carbocycles. The number of ketones is 1. The Bertz CT molecular complexity index is 174. The second-order valence-electron chi connectivity index (χ2n) is 5.57. The predicted molar refractivity (Wildman–Crippen MR) is 81.0 cm³/mol. The van der Waals surface area contributed by atoms with Crippen molar-refractivity contribution in [2.45, 2.75) is 104 Å². The lowest BCUT2D eigenvalue weighted by Crippen LogP contribution is -1.96. The van der Waals surface area contributed by atoms with Crippen molar-refractivity contribution >= 4 is 5.78 Å². The molecule has 0 amide bonds. The minimum atomic E-state index is 0.466. The minimum absolute atomic E-state index is 0.466. The van der Waals surface area contributed by atoms with Crippen molar-refractivity contribution in [1.82, 2.24) is 0 Å². The largest absolute Gasteiger partial charge is 0.300 e. The van der Waals surface area contributed by atoms with E-state index in [0.29, 0.717) is 5.78 Å². The van der Waals surface area contributed by atoms with E-state index in [1.165, 1.54) is 64.2 Å². The zero-order valence-electron chi connectivity index (χ0n) is 12.8. The van der Waals surface area contributed by atoms with Gasteiger partial charge in [-0.15, -0.1) is 0 Å². The van der Waals surface area contributed by atoms with E-state index in [1.54, 1.807) is 0 Å². The fourth-order valence-corrected chi connectivity index (χ4v) is 2.39. The molecule has 0 fully saturated rings. The van der Waals surface area contributed by atoms with Gasteiger partial charge in [-0.3, -0.25) is 4.79 Å². The zero-order chi connectivity index (χ0) is 13.5. The minimum Gasteiger partial charge on any atom is -0.300 e. The zero-order valence-corrected chi connectivity index (χ0v) is 12.8. The van der Waals surface area contributed by atoms with Crippen LogP contribution in [0.1, 0.15) is 104 Å². The maximum absolute atomic E-state index is 11.3. The van der Waals surface area contributed by atoms with Crippen molar-refractivity contribution in [2.24, 2.45) is 0 Å². The number of hydrogen-bond donors (Lipinski definition) is 0. The van der Waals surface area contributed by atoms with Crippen molar-refractivity contribution < 1.29 is 4.79 Å². The molecule has 0 aliphatic carbocycles. The molecule has 0 atom stereocenters. The molecule has 0 heterocycles. The Balaban J connectivity index is 3.01. The van der Waals surface area contributed by atoms with Gasteiger partial charge in [0.2, 0.25) is 0 Å². The first-order valence-corrected chi connectivity index (χ1v) is 8.33. The highest BCUT2D eigenvalue weighted by molar-refractivity contribution is 5.78. The van der Waals surface area contributed by atoms with Crippen molar-refractivity contribution in [3.8, 4) is 0 Å². The molecule has 0 rings (SSSR count). The number of carbonyl (C=O) groups excluding carboxylic acids is 1. The van der Waals surface area contributed by atoms with Crippen molar-refractivity contribution in [3.63, 3.8) is 0 Å². The average Bonchev–Trinajstić information content (AvgIpc) is 2.36. The second-order valence-corrected chi connectivity index (χ2v) is 5.57. The van der Waals surface area contributed by atoms with Crippen LogP contribution in [0.2, 0.25) is 0 Å². The third-order valence-corrected chi connectivity index (χ3v) is 3.59. The molecule has 1 nitrogen and oxygen atoms in total. The van der Waals surface area contributed by atoms with Crippen molar-refractivity contribution in [3.05, 3.63) is 0 Å². The summed E-state index contributed by atoms with van der Waals surface area (Å²) < 4.78 is 0. The molecule has 0 N–H and O–H groups in total. The van der Waals surface area contributed by atoms with Crippen molar-refractivity contribution in [2.75, 3.05) is 0 Å². The van der Waals surface area contributed by atoms with E-state index in [4.69, 9.17) is 0 Å². The van der Waals surface area contributed by atoms with E-state index >= 15 is 0 Å². The average molecular weight is 254 g/mol. The highest BCUT2D eigenvalue weighted by Crippen LogP contribution is 2.12.